The average Bonchev–Trinajstić information content (AvgIpc) is 3.21. The maximum Gasteiger partial charge on any atom is 0.270 e. The van der Waals surface area contributed by atoms with E-state index >= 15 is 0 Å². The number of nitrogens with zero attached hydrogens (tertiary/aromatic N) is 2. The summed E-state index contributed by atoms with van der Waals surface area (Å²) in [7, 11) is -3.85. The van der Waals surface area contributed by atoms with Gasteiger partial charge in [0.2, 0.25) is 5.95 Å². The van der Waals surface area contributed by atoms with Gasteiger partial charge in [0.05, 0.1) is 10.6 Å². The number of anilines is 1. The maximum atomic E-state index is 12.9. The van der Waals surface area contributed by atoms with Crippen molar-refractivity contribution in [3.63, 3.8) is 0 Å². The normalized spacial score (nSPS) is 12.4. The second-order valence-electron chi connectivity index (χ2n) is 7.18. The molecule has 6 nitrogen and oxygen atoms in total. The molecule has 156 valence electrons. The number of carbonyl (C=O) groups excluding carboxylic acids is 1. The second kappa shape index (κ2) is 8.20. The van der Waals surface area contributed by atoms with Gasteiger partial charge < -0.3 is 5.73 Å². The van der Waals surface area contributed by atoms with Crippen molar-refractivity contribution in [3.05, 3.63) is 114 Å². The molecule has 0 saturated heterocycles. The van der Waals surface area contributed by atoms with Crippen LogP contribution in [0.5, 0.6) is 0 Å². The smallest absolute Gasteiger partial charge is 0.270 e. The first-order valence-electron chi connectivity index (χ1n) is 9.73. The predicted octanol–water partition coefficient (Wildman–Crippen LogP) is 4.09. The zero-order valence-electron chi connectivity index (χ0n) is 16.8. The van der Waals surface area contributed by atoms with E-state index in [4.69, 9.17) is 5.73 Å². The van der Waals surface area contributed by atoms with Crippen LogP contribution in [0.15, 0.2) is 96.0 Å². The molecule has 31 heavy (non-hydrogen) atoms. The number of nitrogen functional groups attached to an aromatic ring is 1. The summed E-state index contributed by atoms with van der Waals surface area (Å²) < 4.78 is 26.8. The highest BCUT2D eigenvalue weighted by Crippen LogP contribution is 2.27. The molecule has 1 heterocycles. The molecule has 0 saturated carbocycles. The number of benzene rings is 3. The zero-order valence-corrected chi connectivity index (χ0v) is 17.7. The summed E-state index contributed by atoms with van der Waals surface area (Å²) in [6.07, 6.45) is 1.44. The molecule has 3 aromatic carbocycles. The first kappa shape index (κ1) is 20.6. The summed E-state index contributed by atoms with van der Waals surface area (Å²) in [4.78, 5) is 17.2. The van der Waals surface area contributed by atoms with Gasteiger partial charge >= 0.3 is 0 Å². The Morgan fingerprint density at radius 2 is 1.52 bits per heavy atom. The van der Waals surface area contributed by atoms with E-state index < -0.39 is 10.0 Å². The van der Waals surface area contributed by atoms with Crippen LogP contribution in [0.1, 0.15) is 40.0 Å². The van der Waals surface area contributed by atoms with Crippen LogP contribution in [0.3, 0.4) is 0 Å². The van der Waals surface area contributed by atoms with E-state index in [1.54, 1.807) is 42.5 Å². The Morgan fingerprint density at radius 3 is 2.19 bits per heavy atom. The van der Waals surface area contributed by atoms with Crippen molar-refractivity contribution in [1.29, 1.82) is 0 Å². The lowest BCUT2D eigenvalue weighted by atomic mass is 9.94. The molecule has 4 aromatic rings. The fourth-order valence-electron chi connectivity index (χ4n) is 3.38. The molecule has 2 N–H and O–H groups in total. The number of rotatable bonds is 6. The van der Waals surface area contributed by atoms with E-state index in [0.29, 0.717) is 16.8 Å². The number of carbonyl (C=O) groups is 1. The maximum absolute atomic E-state index is 12.9. The first-order valence-corrected chi connectivity index (χ1v) is 11.2. The van der Waals surface area contributed by atoms with Gasteiger partial charge in [-0.3, -0.25) is 4.79 Å². The highest BCUT2D eigenvalue weighted by atomic mass is 32.2. The lowest BCUT2D eigenvalue weighted by Gasteiger charge is -2.11. The van der Waals surface area contributed by atoms with Crippen LogP contribution >= 0.6 is 0 Å². The molecule has 0 amide bonds. The summed E-state index contributed by atoms with van der Waals surface area (Å²) in [5.74, 6) is -0.452. The molecule has 0 bridgehead atoms. The van der Waals surface area contributed by atoms with Gasteiger partial charge in [0.15, 0.2) is 5.78 Å². The van der Waals surface area contributed by atoms with Crippen molar-refractivity contribution in [2.45, 2.75) is 17.7 Å². The minimum atomic E-state index is -3.85. The number of hydrogen-bond acceptors (Lipinski definition) is 5. The van der Waals surface area contributed by atoms with Gasteiger partial charge in [0.1, 0.15) is 0 Å². The van der Waals surface area contributed by atoms with E-state index in [1.807, 2.05) is 37.3 Å². The Morgan fingerprint density at radius 1 is 0.903 bits per heavy atom. The Hall–Kier alpha value is -3.71. The Labute approximate surface area is 181 Å². The second-order valence-corrected chi connectivity index (χ2v) is 9.00. The molecule has 1 unspecified atom stereocenters. The Bertz CT molecular complexity index is 1330. The van der Waals surface area contributed by atoms with Crippen molar-refractivity contribution >= 4 is 21.8 Å². The van der Waals surface area contributed by atoms with Crippen LogP contribution in [0.25, 0.3) is 0 Å². The highest BCUT2D eigenvalue weighted by molar-refractivity contribution is 7.90. The van der Waals surface area contributed by atoms with Gasteiger partial charge in [-0.05, 0) is 23.8 Å². The largest absolute Gasteiger partial charge is 0.368 e. The van der Waals surface area contributed by atoms with Crippen LogP contribution in [-0.2, 0) is 10.0 Å². The Balaban J connectivity index is 1.66. The third-order valence-corrected chi connectivity index (χ3v) is 6.83. The SMILES string of the molecule is CC(c1cccc(C(=O)c2ccccc2)c1)c1cn(S(=O)(=O)c2ccccc2)c(N)n1. The summed E-state index contributed by atoms with van der Waals surface area (Å²) in [6, 6.07) is 24.4. The number of hydrogen-bond donors (Lipinski definition) is 1. The molecule has 1 aromatic heterocycles. The molecular weight excluding hydrogens is 410 g/mol. The molecule has 0 aliphatic rings. The molecule has 7 heteroatoms. The van der Waals surface area contributed by atoms with Crippen LogP contribution in [-0.4, -0.2) is 23.2 Å². The van der Waals surface area contributed by atoms with Crippen LogP contribution < -0.4 is 5.73 Å². The summed E-state index contributed by atoms with van der Waals surface area (Å²) in [5, 5.41) is 0. The van der Waals surface area contributed by atoms with Crippen molar-refractivity contribution in [1.82, 2.24) is 8.96 Å². The number of nitrogens with two attached hydrogens (primary N) is 1. The van der Waals surface area contributed by atoms with E-state index in [-0.39, 0.29) is 22.5 Å². The van der Waals surface area contributed by atoms with Crippen LogP contribution in [0.4, 0.5) is 5.95 Å². The Kier molecular flexibility index (Phi) is 5.44. The predicted molar refractivity (Wildman–Crippen MR) is 119 cm³/mol. The summed E-state index contributed by atoms with van der Waals surface area (Å²) >= 11 is 0. The fourth-order valence-corrected chi connectivity index (χ4v) is 4.64. The van der Waals surface area contributed by atoms with Gasteiger partial charge in [0, 0.05) is 23.2 Å². The standard InChI is InChI=1S/C24H21N3O3S/c1-17(19-11-8-12-20(15-19)23(28)18-9-4-2-5-10-18)22-16-27(24(25)26-22)31(29,30)21-13-6-3-7-14-21/h2-17H,1H3,(H2,25,26). The van der Waals surface area contributed by atoms with Crippen molar-refractivity contribution in [2.75, 3.05) is 5.73 Å². The van der Waals surface area contributed by atoms with Crippen LogP contribution in [0.2, 0.25) is 0 Å². The van der Waals surface area contributed by atoms with Gasteiger partial charge in [-0.2, -0.15) is 0 Å². The van der Waals surface area contributed by atoms with Gasteiger partial charge in [-0.25, -0.2) is 17.4 Å². The van der Waals surface area contributed by atoms with Crippen molar-refractivity contribution in [3.8, 4) is 0 Å². The van der Waals surface area contributed by atoms with Gasteiger partial charge in [0.25, 0.3) is 10.0 Å². The van der Waals surface area contributed by atoms with Crippen molar-refractivity contribution in [2.24, 2.45) is 0 Å². The summed E-state index contributed by atoms with van der Waals surface area (Å²) in [5.41, 5.74) is 8.45. The molecule has 4 rings (SSSR count). The molecule has 0 spiro atoms. The molecule has 0 radical (unpaired) electrons. The lowest BCUT2D eigenvalue weighted by molar-refractivity contribution is 0.103. The quantitative estimate of drug-likeness (QED) is 0.464. The third kappa shape index (κ3) is 4.00. The van der Waals surface area contributed by atoms with Crippen molar-refractivity contribution < 1.29 is 13.2 Å². The van der Waals surface area contributed by atoms with Gasteiger partial charge in [-0.15, -0.1) is 0 Å². The number of imidazole rings is 1. The van der Waals surface area contributed by atoms with Crippen LogP contribution in [0, 0.1) is 0 Å². The third-order valence-electron chi connectivity index (χ3n) is 5.15. The van der Waals surface area contributed by atoms with E-state index in [1.165, 1.54) is 18.3 Å². The minimum Gasteiger partial charge on any atom is -0.368 e. The first-order chi connectivity index (χ1) is 14.9. The lowest BCUT2D eigenvalue weighted by Crippen LogP contribution is -2.14. The topological polar surface area (TPSA) is 95.0 Å². The van der Waals surface area contributed by atoms with E-state index in [0.717, 1.165) is 9.54 Å². The minimum absolute atomic E-state index is 0.0775. The highest BCUT2D eigenvalue weighted by Gasteiger charge is 2.23. The number of aromatic nitrogens is 2. The number of ketones is 1. The van der Waals surface area contributed by atoms with E-state index in [2.05, 4.69) is 4.98 Å². The van der Waals surface area contributed by atoms with E-state index in [9.17, 15) is 13.2 Å². The molecular formula is C24H21N3O3S. The molecule has 0 aliphatic carbocycles. The average molecular weight is 432 g/mol. The fraction of sp³-hybridized carbons (Fsp3) is 0.0833. The molecule has 1 atom stereocenters. The van der Waals surface area contributed by atoms with Gasteiger partial charge in [-0.1, -0.05) is 73.7 Å². The molecule has 0 aliphatic heterocycles. The summed E-state index contributed by atoms with van der Waals surface area (Å²) in [6.45, 7) is 1.90. The zero-order chi connectivity index (χ0) is 22.0. The monoisotopic (exact) mass is 431 g/mol. The molecule has 0 fully saturated rings.